The third-order valence-corrected chi connectivity index (χ3v) is 4.76. The molecule has 1 aromatic heterocycles. The van der Waals surface area contributed by atoms with Gasteiger partial charge in [-0.25, -0.2) is 0 Å². The van der Waals surface area contributed by atoms with Gasteiger partial charge in [0.2, 0.25) is 11.8 Å². The number of hydrogen-bond donors (Lipinski definition) is 1. The number of carbonyl (C=O) groups excluding carboxylic acids is 1. The minimum atomic E-state index is 0.135. The van der Waals surface area contributed by atoms with Gasteiger partial charge in [0.15, 0.2) is 5.82 Å². The van der Waals surface area contributed by atoms with Crippen LogP contribution in [-0.2, 0) is 4.79 Å². The zero-order valence-electron chi connectivity index (χ0n) is 12.6. The predicted molar refractivity (Wildman–Crippen MR) is 77.5 cm³/mol. The number of likely N-dealkylation sites (tertiary alicyclic amines) is 1. The van der Waals surface area contributed by atoms with Gasteiger partial charge in [0.05, 0.1) is 0 Å². The molecule has 6 heteroatoms. The number of carbonyl (C=O) groups is 1. The second kappa shape index (κ2) is 6.13. The summed E-state index contributed by atoms with van der Waals surface area (Å²) in [5.74, 6) is 2.13. The topological polar surface area (TPSA) is 85.2 Å². The summed E-state index contributed by atoms with van der Waals surface area (Å²) in [4.78, 5) is 18.9. The fourth-order valence-corrected chi connectivity index (χ4v) is 3.54. The molecule has 1 aliphatic carbocycles. The molecule has 2 aliphatic rings. The van der Waals surface area contributed by atoms with E-state index in [0.29, 0.717) is 17.6 Å². The standard InChI is InChI=1S/C15H24N4O2/c1-10-17-14(21-18-10)11-5-7-19(8-6-11)15(20)12-3-2-4-13(16)9-12/h11-13H,2-9,16H2,1H3/t12-,13-/m0/s1. The first-order chi connectivity index (χ1) is 10.1. The Morgan fingerprint density at radius 3 is 2.67 bits per heavy atom. The fraction of sp³-hybridized carbons (Fsp3) is 0.800. The molecular formula is C15H24N4O2. The van der Waals surface area contributed by atoms with E-state index in [9.17, 15) is 4.79 Å². The van der Waals surface area contributed by atoms with Gasteiger partial charge >= 0.3 is 0 Å². The SMILES string of the molecule is Cc1noc(C2CCN(C(=O)[C@H]3CCC[C@H](N)C3)CC2)n1. The van der Waals surface area contributed by atoms with Gasteiger partial charge in [-0.05, 0) is 39.0 Å². The number of nitrogens with zero attached hydrogens (tertiary/aromatic N) is 3. The summed E-state index contributed by atoms with van der Waals surface area (Å²) in [6.07, 6.45) is 5.80. The quantitative estimate of drug-likeness (QED) is 0.895. The molecule has 21 heavy (non-hydrogen) atoms. The average Bonchev–Trinajstić information content (AvgIpc) is 2.93. The van der Waals surface area contributed by atoms with Crippen LogP contribution in [-0.4, -0.2) is 40.1 Å². The molecule has 2 heterocycles. The summed E-state index contributed by atoms with van der Waals surface area (Å²) in [6.45, 7) is 3.41. The Labute approximate surface area is 125 Å². The van der Waals surface area contributed by atoms with E-state index < -0.39 is 0 Å². The van der Waals surface area contributed by atoms with Gasteiger partial charge in [0.25, 0.3) is 0 Å². The Balaban J connectivity index is 1.54. The van der Waals surface area contributed by atoms with Crippen LogP contribution >= 0.6 is 0 Å². The van der Waals surface area contributed by atoms with Crippen LogP contribution in [0.5, 0.6) is 0 Å². The molecule has 2 N–H and O–H groups in total. The van der Waals surface area contributed by atoms with Crippen LogP contribution in [0.1, 0.15) is 56.2 Å². The Bertz CT molecular complexity index is 494. The number of piperidine rings is 1. The normalized spacial score (nSPS) is 27.8. The maximum atomic E-state index is 12.6. The molecule has 3 rings (SSSR count). The van der Waals surface area contributed by atoms with E-state index >= 15 is 0 Å². The number of aromatic nitrogens is 2. The first kappa shape index (κ1) is 14.5. The highest BCUT2D eigenvalue weighted by molar-refractivity contribution is 5.79. The molecule has 116 valence electrons. The lowest BCUT2D eigenvalue weighted by Crippen LogP contribution is -2.44. The highest BCUT2D eigenvalue weighted by Gasteiger charge is 2.32. The number of rotatable bonds is 2. The molecule has 0 unspecified atom stereocenters. The highest BCUT2D eigenvalue weighted by atomic mass is 16.5. The van der Waals surface area contributed by atoms with Gasteiger partial charge in [-0.3, -0.25) is 4.79 Å². The Hall–Kier alpha value is -1.43. The zero-order valence-corrected chi connectivity index (χ0v) is 12.6. The van der Waals surface area contributed by atoms with Crippen LogP contribution in [0, 0.1) is 12.8 Å². The summed E-state index contributed by atoms with van der Waals surface area (Å²) >= 11 is 0. The number of amides is 1. The minimum Gasteiger partial charge on any atom is -0.342 e. The largest absolute Gasteiger partial charge is 0.342 e. The molecule has 0 radical (unpaired) electrons. The third-order valence-electron chi connectivity index (χ3n) is 4.76. The fourth-order valence-electron chi connectivity index (χ4n) is 3.54. The van der Waals surface area contributed by atoms with Crippen molar-refractivity contribution < 1.29 is 9.32 Å². The van der Waals surface area contributed by atoms with E-state index in [1.165, 1.54) is 0 Å². The molecule has 1 aliphatic heterocycles. The maximum absolute atomic E-state index is 12.6. The monoisotopic (exact) mass is 292 g/mol. The van der Waals surface area contributed by atoms with Crippen LogP contribution in [0.15, 0.2) is 4.52 Å². The van der Waals surface area contributed by atoms with Gasteiger partial charge in [0, 0.05) is 31.0 Å². The summed E-state index contributed by atoms with van der Waals surface area (Å²) < 4.78 is 5.25. The Morgan fingerprint density at radius 2 is 2.05 bits per heavy atom. The molecule has 1 saturated carbocycles. The van der Waals surface area contributed by atoms with Crippen LogP contribution < -0.4 is 5.73 Å². The van der Waals surface area contributed by atoms with Gasteiger partial charge < -0.3 is 15.2 Å². The van der Waals surface area contributed by atoms with E-state index in [1.807, 2.05) is 11.8 Å². The van der Waals surface area contributed by atoms with E-state index in [4.69, 9.17) is 10.3 Å². The van der Waals surface area contributed by atoms with Gasteiger partial charge in [-0.15, -0.1) is 0 Å². The van der Waals surface area contributed by atoms with Gasteiger partial charge in [-0.1, -0.05) is 11.6 Å². The number of aryl methyl sites for hydroxylation is 1. The lowest BCUT2D eigenvalue weighted by molar-refractivity contribution is -0.137. The smallest absolute Gasteiger partial charge is 0.229 e. The molecule has 2 atom stereocenters. The lowest BCUT2D eigenvalue weighted by atomic mass is 9.84. The third kappa shape index (κ3) is 3.26. The van der Waals surface area contributed by atoms with Crippen molar-refractivity contribution >= 4 is 5.91 Å². The Kier molecular flexibility index (Phi) is 4.24. The molecular weight excluding hydrogens is 268 g/mol. The van der Waals surface area contributed by atoms with E-state index in [0.717, 1.165) is 57.5 Å². The maximum Gasteiger partial charge on any atom is 0.229 e. The van der Waals surface area contributed by atoms with Crippen molar-refractivity contribution in [2.24, 2.45) is 11.7 Å². The first-order valence-electron chi connectivity index (χ1n) is 7.98. The van der Waals surface area contributed by atoms with Crippen molar-refractivity contribution in [1.82, 2.24) is 15.0 Å². The number of nitrogens with two attached hydrogens (primary N) is 1. The zero-order chi connectivity index (χ0) is 14.8. The van der Waals surface area contributed by atoms with Crippen molar-refractivity contribution in [1.29, 1.82) is 0 Å². The van der Waals surface area contributed by atoms with Crippen molar-refractivity contribution in [3.8, 4) is 0 Å². The van der Waals surface area contributed by atoms with Crippen molar-refractivity contribution in [2.45, 2.75) is 57.4 Å². The van der Waals surface area contributed by atoms with Crippen molar-refractivity contribution in [2.75, 3.05) is 13.1 Å². The van der Waals surface area contributed by atoms with Crippen LogP contribution in [0.4, 0.5) is 0 Å². The van der Waals surface area contributed by atoms with Gasteiger partial charge in [0.1, 0.15) is 0 Å². The lowest BCUT2D eigenvalue weighted by Gasteiger charge is -2.35. The average molecular weight is 292 g/mol. The summed E-state index contributed by atoms with van der Waals surface area (Å²) in [5, 5.41) is 3.85. The highest BCUT2D eigenvalue weighted by Crippen LogP contribution is 2.30. The molecule has 2 fully saturated rings. The van der Waals surface area contributed by atoms with E-state index in [1.54, 1.807) is 0 Å². The molecule has 0 aromatic carbocycles. The van der Waals surface area contributed by atoms with Gasteiger partial charge in [-0.2, -0.15) is 4.98 Å². The summed E-state index contributed by atoms with van der Waals surface area (Å²) in [7, 11) is 0. The molecule has 0 bridgehead atoms. The molecule has 1 aromatic rings. The first-order valence-corrected chi connectivity index (χ1v) is 7.98. The van der Waals surface area contributed by atoms with Crippen molar-refractivity contribution in [3.05, 3.63) is 11.7 Å². The van der Waals surface area contributed by atoms with Crippen LogP contribution in [0.3, 0.4) is 0 Å². The summed E-state index contributed by atoms with van der Waals surface area (Å²) in [5.41, 5.74) is 5.99. The minimum absolute atomic E-state index is 0.135. The molecule has 0 spiro atoms. The second-order valence-corrected chi connectivity index (χ2v) is 6.40. The van der Waals surface area contributed by atoms with E-state index in [2.05, 4.69) is 10.1 Å². The second-order valence-electron chi connectivity index (χ2n) is 6.40. The summed E-state index contributed by atoms with van der Waals surface area (Å²) in [6, 6.07) is 0.201. The van der Waals surface area contributed by atoms with Crippen LogP contribution in [0.2, 0.25) is 0 Å². The molecule has 1 amide bonds. The number of hydrogen-bond acceptors (Lipinski definition) is 5. The predicted octanol–water partition coefficient (Wildman–Crippen LogP) is 1.60. The van der Waals surface area contributed by atoms with Crippen LogP contribution in [0.25, 0.3) is 0 Å². The van der Waals surface area contributed by atoms with E-state index in [-0.39, 0.29) is 12.0 Å². The molecule has 1 saturated heterocycles. The molecule has 6 nitrogen and oxygen atoms in total. The Morgan fingerprint density at radius 1 is 1.29 bits per heavy atom. The van der Waals surface area contributed by atoms with Crippen molar-refractivity contribution in [3.63, 3.8) is 0 Å².